The summed E-state index contributed by atoms with van der Waals surface area (Å²) >= 11 is 3.87. The van der Waals surface area contributed by atoms with Crippen LogP contribution in [0, 0.1) is 0 Å². The first-order valence-corrected chi connectivity index (χ1v) is 7.96. The van der Waals surface area contributed by atoms with Crippen molar-refractivity contribution in [2.75, 3.05) is 12.3 Å². The molecule has 0 radical (unpaired) electrons. The van der Waals surface area contributed by atoms with E-state index in [9.17, 15) is 24.0 Å². The molecule has 0 aromatic carbocycles. The Bertz CT molecular complexity index is 529. The van der Waals surface area contributed by atoms with Gasteiger partial charge in [-0.2, -0.15) is 12.6 Å². The van der Waals surface area contributed by atoms with Gasteiger partial charge in [0, 0.05) is 12.2 Å². The highest BCUT2D eigenvalue weighted by molar-refractivity contribution is 7.80. The lowest BCUT2D eigenvalue weighted by Gasteiger charge is -2.21. The molecule has 3 atom stereocenters. The molecule has 4 amide bonds. The summed E-state index contributed by atoms with van der Waals surface area (Å²) in [6.45, 7) is 0.726. The first kappa shape index (κ1) is 22.7. The molecule has 0 fully saturated rings. The Morgan fingerprint density at radius 3 is 2.16 bits per heavy atom. The molecule has 0 heterocycles. The number of hydrogen-bond acceptors (Lipinski definition) is 7. The van der Waals surface area contributed by atoms with Crippen molar-refractivity contribution in [2.24, 2.45) is 11.5 Å². The van der Waals surface area contributed by atoms with Crippen molar-refractivity contribution in [3.05, 3.63) is 0 Å². The molecule has 0 aliphatic heterocycles. The van der Waals surface area contributed by atoms with E-state index in [0.29, 0.717) is 0 Å². The van der Waals surface area contributed by atoms with Gasteiger partial charge in [0.1, 0.15) is 18.6 Å². The van der Waals surface area contributed by atoms with Crippen molar-refractivity contribution in [3.8, 4) is 0 Å². The quantitative estimate of drug-likeness (QED) is 0.183. The molecule has 0 aromatic heterocycles. The topological polar surface area (TPSA) is 194 Å². The van der Waals surface area contributed by atoms with Crippen LogP contribution in [0.4, 0.5) is 0 Å². The van der Waals surface area contributed by atoms with E-state index in [0.717, 1.165) is 0 Å². The third kappa shape index (κ3) is 9.52. The summed E-state index contributed by atoms with van der Waals surface area (Å²) in [6, 6.07) is -3.10. The molecule has 0 saturated heterocycles. The van der Waals surface area contributed by atoms with E-state index in [1.807, 2.05) is 0 Å². The zero-order valence-corrected chi connectivity index (χ0v) is 14.5. The summed E-state index contributed by atoms with van der Waals surface area (Å²) in [5.41, 5.74) is 10.5. The number of carbonyl (C=O) groups is 5. The van der Waals surface area contributed by atoms with Gasteiger partial charge in [-0.15, -0.1) is 0 Å². The van der Waals surface area contributed by atoms with Crippen LogP contribution < -0.4 is 27.4 Å². The maximum atomic E-state index is 12.1. The number of nitrogens with two attached hydrogens (primary N) is 2. The van der Waals surface area contributed by atoms with Crippen molar-refractivity contribution in [2.45, 2.75) is 37.9 Å². The van der Waals surface area contributed by atoms with E-state index in [4.69, 9.17) is 16.6 Å². The summed E-state index contributed by atoms with van der Waals surface area (Å²) in [4.78, 5) is 57.0. The molecule has 0 aliphatic rings. The Morgan fingerprint density at radius 2 is 1.68 bits per heavy atom. The highest BCUT2D eigenvalue weighted by Crippen LogP contribution is 1.99. The fourth-order valence-electron chi connectivity index (χ4n) is 1.61. The number of rotatable bonds is 11. The van der Waals surface area contributed by atoms with Gasteiger partial charge in [-0.25, -0.2) is 0 Å². The SMILES string of the molecule is CC(NC(=O)C(N)CS)C(=O)NC(CCC(N)=O)C(=O)NCC(=O)O. The Balaban J connectivity index is 4.82. The van der Waals surface area contributed by atoms with Gasteiger partial charge in [0.2, 0.25) is 23.6 Å². The third-order valence-corrected chi connectivity index (χ3v) is 3.41. The molecule has 3 unspecified atom stereocenters. The summed E-state index contributed by atoms with van der Waals surface area (Å²) in [5, 5.41) is 15.3. The van der Waals surface area contributed by atoms with Gasteiger partial charge >= 0.3 is 5.97 Å². The molecule has 0 rings (SSSR count). The van der Waals surface area contributed by atoms with E-state index < -0.39 is 54.3 Å². The minimum absolute atomic E-state index is 0.0823. The Morgan fingerprint density at radius 1 is 1.08 bits per heavy atom. The molecule has 0 spiro atoms. The molecular formula is C13H23N5O6S. The molecule has 25 heavy (non-hydrogen) atoms. The minimum Gasteiger partial charge on any atom is -0.480 e. The number of nitrogens with one attached hydrogen (secondary N) is 3. The predicted molar refractivity (Wildman–Crippen MR) is 90.4 cm³/mol. The Labute approximate surface area is 149 Å². The van der Waals surface area contributed by atoms with Gasteiger partial charge in [0.15, 0.2) is 0 Å². The normalized spacial score (nSPS) is 13.9. The van der Waals surface area contributed by atoms with Gasteiger partial charge in [-0.3, -0.25) is 24.0 Å². The predicted octanol–water partition coefficient (Wildman–Crippen LogP) is -3.30. The first-order valence-electron chi connectivity index (χ1n) is 7.33. The largest absolute Gasteiger partial charge is 0.480 e. The molecule has 11 nitrogen and oxygen atoms in total. The zero-order chi connectivity index (χ0) is 19.6. The zero-order valence-electron chi connectivity index (χ0n) is 13.7. The van der Waals surface area contributed by atoms with Crippen molar-refractivity contribution in [1.82, 2.24) is 16.0 Å². The van der Waals surface area contributed by atoms with Gasteiger partial charge < -0.3 is 32.5 Å². The van der Waals surface area contributed by atoms with Crippen LogP contribution in [0.15, 0.2) is 0 Å². The fourth-order valence-corrected chi connectivity index (χ4v) is 1.77. The number of aliphatic carboxylic acids is 1. The molecule has 12 heteroatoms. The second kappa shape index (κ2) is 11.3. The van der Waals surface area contributed by atoms with Gasteiger partial charge in [0.25, 0.3) is 0 Å². The summed E-state index contributed by atoms with van der Waals surface area (Å²) in [7, 11) is 0. The standard InChI is InChI=1S/C13H23N5O6S/c1-6(17-12(23)7(14)5-25)11(22)18-8(2-3-9(15)19)13(24)16-4-10(20)21/h6-8,25H,2-5,14H2,1H3,(H2,15,19)(H,16,24)(H,17,23)(H,18,22)(H,20,21). The number of hydrogen-bond donors (Lipinski definition) is 7. The van der Waals surface area contributed by atoms with Gasteiger partial charge in [-0.05, 0) is 13.3 Å². The molecule has 0 aliphatic carbocycles. The van der Waals surface area contributed by atoms with Gasteiger partial charge in [0.05, 0.1) is 6.04 Å². The number of carbonyl (C=O) groups excluding carboxylic acids is 4. The number of carboxylic acids is 1. The van der Waals surface area contributed by atoms with Crippen LogP contribution in [0.1, 0.15) is 19.8 Å². The van der Waals surface area contributed by atoms with Crippen LogP contribution >= 0.6 is 12.6 Å². The number of primary amides is 1. The monoisotopic (exact) mass is 377 g/mol. The highest BCUT2D eigenvalue weighted by atomic mass is 32.1. The summed E-state index contributed by atoms with van der Waals surface area (Å²) in [6.07, 6.45) is -0.319. The second-order valence-corrected chi connectivity index (χ2v) is 5.56. The van der Waals surface area contributed by atoms with Crippen LogP contribution in [0.2, 0.25) is 0 Å². The molecular weight excluding hydrogens is 354 g/mol. The number of carboxylic acid groups (broad SMARTS) is 1. The minimum atomic E-state index is -1.27. The molecule has 142 valence electrons. The van der Waals surface area contributed by atoms with Crippen LogP contribution in [0.3, 0.4) is 0 Å². The number of amides is 4. The second-order valence-electron chi connectivity index (χ2n) is 5.20. The Kier molecular flexibility index (Phi) is 10.2. The third-order valence-electron chi connectivity index (χ3n) is 3.01. The fraction of sp³-hybridized carbons (Fsp3) is 0.615. The van der Waals surface area contributed by atoms with Crippen molar-refractivity contribution in [1.29, 1.82) is 0 Å². The highest BCUT2D eigenvalue weighted by Gasteiger charge is 2.25. The summed E-state index contributed by atoms with van der Waals surface area (Å²) < 4.78 is 0. The van der Waals surface area contributed by atoms with Crippen LogP contribution in [-0.2, 0) is 24.0 Å². The molecule has 8 N–H and O–H groups in total. The van der Waals surface area contributed by atoms with Crippen LogP contribution in [0.25, 0.3) is 0 Å². The summed E-state index contributed by atoms with van der Waals surface area (Å²) in [5.74, 6) is -3.97. The lowest BCUT2D eigenvalue weighted by atomic mass is 10.1. The van der Waals surface area contributed by atoms with Crippen molar-refractivity contribution >= 4 is 42.2 Å². The molecule has 0 saturated carbocycles. The van der Waals surface area contributed by atoms with Crippen molar-refractivity contribution in [3.63, 3.8) is 0 Å². The van der Waals surface area contributed by atoms with E-state index in [1.165, 1.54) is 6.92 Å². The van der Waals surface area contributed by atoms with E-state index in [-0.39, 0.29) is 18.6 Å². The number of thiol groups is 1. The van der Waals surface area contributed by atoms with E-state index in [2.05, 4.69) is 28.6 Å². The molecule has 0 bridgehead atoms. The van der Waals surface area contributed by atoms with E-state index in [1.54, 1.807) is 0 Å². The van der Waals surface area contributed by atoms with E-state index >= 15 is 0 Å². The smallest absolute Gasteiger partial charge is 0.322 e. The van der Waals surface area contributed by atoms with Crippen LogP contribution in [-0.4, -0.2) is 65.1 Å². The maximum Gasteiger partial charge on any atom is 0.322 e. The van der Waals surface area contributed by atoms with Gasteiger partial charge in [-0.1, -0.05) is 0 Å². The first-order chi connectivity index (χ1) is 11.6. The van der Waals surface area contributed by atoms with Crippen molar-refractivity contribution < 1.29 is 29.1 Å². The molecule has 0 aromatic rings. The lowest BCUT2D eigenvalue weighted by Crippen LogP contribution is -2.55. The average molecular weight is 377 g/mol. The maximum absolute atomic E-state index is 12.1. The Hall–Kier alpha value is -2.34. The van der Waals surface area contributed by atoms with Crippen LogP contribution in [0.5, 0.6) is 0 Å². The lowest BCUT2D eigenvalue weighted by molar-refractivity contribution is -0.138. The average Bonchev–Trinajstić information content (AvgIpc) is 2.54.